The summed E-state index contributed by atoms with van der Waals surface area (Å²) in [4.78, 5) is 33.9. The van der Waals surface area contributed by atoms with Crippen molar-refractivity contribution in [2.75, 3.05) is 6.54 Å². The second-order valence-corrected chi connectivity index (χ2v) is 6.17. The van der Waals surface area contributed by atoms with E-state index in [0.717, 1.165) is 0 Å². The first kappa shape index (κ1) is 16.3. The Bertz CT molecular complexity index is 390. The second kappa shape index (κ2) is 6.58. The Kier molecular flexibility index (Phi) is 5.35. The summed E-state index contributed by atoms with van der Waals surface area (Å²) in [6, 6.07) is -0.577. The summed E-state index contributed by atoms with van der Waals surface area (Å²) >= 11 is 0. The van der Waals surface area contributed by atoms with Gasteiger partial charge in [-0.25, -0.2) is 4.79 Å². The number of hydrogen-bond acceptors (Lipinski definition) is 3. The lowest BCUT2D eigenvalue weighted by atomic mass is 10.1. The van der Waals surface area contributed by atoms with Crippen molar-refractivity contribution < 1.29 is 19.5 Å². The summed E-state index contributed by atoms with van der Waals surface area (Å²) in [5, 5.41) is 16.8. The number of amides is 3. The SMILES string of the molecule is CC(C)(C)NC(=O)CNC(=O)N[C@H]1CC[C@@H](C(=O)O)C1. The molecule has 7 nitrogen and oxygen atoms in total. The van der Waals surface area contributed by atoms with Crippen LogP contribution >= 0.6 is 0 Å². The second-order valence-electron chi connectivity index (χ2n) is 6.17. The van der Waals surface area contributed by atoms with Gasteiger partial charge in [-0.1, -0.05) is 0 Å². The lowest BCUT2D eigenvalue weighted by Gasteiger charge is -2.21. The Morgan fingerprint density at radius 3 is 2.35 bits per heavy atom. The summed E-state index contributed by atoms with van der Waals surface area (Å²) in [6.07, 6.45) is 1.67. The van der Waals surface area contributed by atoms with Gasteiger partial charge in [0.05, 0.1) is 12.5 Å². The van der Waals surface area contributed by atoms with E-state index in [2.05, 4.69) is 16.0 Å². The van der Waals surface area contributed by atoms with Gasteiger partial charge in [-0.05, 0) is 40.0 Å². The molecule has 0 aromatic rings. The van der Waals surface area contributed by atoms with E-state index in [1.54, 1.807) is 0 Å². The number of urea groups is 1. The minimum absolute atomic E-state index is 0.0990. The smallest absolute Gasteiger partial charge is 0.315 e. The highest BCUT2D eigenvalue weighted by Crippen LogP contribution is 2.25. The van der Waals surface area contributed by atoms with Crippen molar-refractivity contribution >= 4 is 17.9 Å². The Labute approximate surface area is 118 Å². The van der Waals surface area contributed by atoms with Crippen LogP contribution in [0.5, 0.6) is 0 Å². The van der Waals surface area contributed by atoms with Gasteiger partial charge in [0.25, 0.3) is 0 Å². The molecule has 1 aliphatic carbocycles. The molecule has 7 heteroatoms. The highest BCUT2D eigenvalue weighted by Gasteiger charge is 2.30. The Balaban J connectivity index is 2.25. The van der Waals surface area contributed by atoms with Crippen LogP contribution in [0.3, 0.4) is 0 Å². The van der Waals surface area contributed by atoms with Crippen molar-refractivity contribution in [3.8, 4) is 0 Å². The van der Waals surface area contributed by atoms with Crippen molar-refractivity contribution in [1.29, 1.82) is 0 Å². The maximum atomic E-state index is 11.6. The van der Waals surface area contributed by atoms with Gasteiger partial charge in [0.1, 0.15) is 0 Å². The van der Waals surface area contributed by atoms with Crippen LogP contribution in [0.4, 0.5) is 4.79 Å². The first-order valence-corrected chi connectivity index (χ1v) is 6.75. The zero-order chi connectivity index (χ0) is 15.3. The van der Waals surface area contributed by atoms with Crippen molar-refractivity contribution in [2.45, 2.75) is 51.6 Å². The summed E-state index contributed by atoms with van der Waals surface area (Å²) in [5.41, 5.74) is -0.338. The van der Waals surface area contributed by atoms with Crippen molar-refractivity contribution in [2.24, 2.45) is 5.92 Å². The predicted octanol–water partition coefficient (Wildman–Crippen LogP) is 0.454. The fourth-order valence-corrected chi connectivity index (χ4v) is 2.20. The number of rotatable bonds is 4. The number of nitrogens with one attached hydrogen (secondary N) is 3. The van der Waals surface area contributed by atoms with Crippen LogP contribution in [0.2, 0.25) is 0 Å². The van der Waals surface area contributed by atoms with E-state index in [-0.39, 0.29) is 30.0 Å². The van der Waals surface area contributed by atoms with E-state index in [1.807, 2.05) is 20.8 Å². The molecular weight excluding hydrogens is 262 g/mol. The molecule has 1 rings (SSSR count). The number of carbonyl (C=O) groups excluding carboxylic acids is 2. The van der Waals surface area contributed by atoms with Crippen molar-refractivity contribution in [3.63, 3.8) is 0 Å². The van der Waals surface area contributed by atoms with E-state index in [1.165, 1.54) is 0 Å². The Morgan fingerprint density at radius 1 is 1.20 bits per heavy atom. The van der Waals surface area contributed by atoms with Crippen molar-refractivity contribution in [1.82, 2.24) is 16.0 Å². The lowest BCUT2D eigenvalue weighted by Crippen LogP contribution is -2.48. The van der Waals surface area contributed by atoms with Gasteiger partial charge in [-0.3, -0.25) is 9.59 Å². The summed E-state index contributed by atoms with van der Waals surface area (Å²) in [6.45, 7) is 5.47. The molecule has 0 unspecified atom stereocenters. The van der Waals surface area contributed by atoms with E-state index >= 15 is 0 Å². The summed E-state index contributed by atoms with van der Waals surface area (Å²) in [5.74, 6) is -1.47. The van der Waals surface area contributed by atoms with Crippen molar-refractivity contribution in [3.05, 3.63) is 0 Å². The van der Waals surface area contributed by atoms with E-state index < -0.39 is 12.0 Å². The number of hydrogen-bond donors (Lipinski definition) is 4. The number of carboxylic acid groups (broad SMARTS) is 1. The summed E-state index contributed by atoms with van der Waals surface area (Å²) in [7, 11) is 0. The molecule has 2 atom stereocenters. The molecule has 1 fully saturated rings. The molecule has 0 aliphatic heterocycles. The van der Waals surface area contributed by atoms with Crippen LogP contribution in [-0.4, -0.2) is 41.1 Å². The van der Waals surface area contributed by atoms with Crippen LogP contribution in [0, 0.1) is 5.92 Å². The van der Waals surface area contributed by atoms with Gasteiger partial charge in [-0.2, -0.15) is 0 Å². The van der Waals surface area contributed by atoms with Gasteiger partial charge in [-0.15, -0.1) is 0 Å². The molecule has 114 valence electrons. The van der Waals surface area contributed by atoms with Gasteiger partial charge >= 0.3 is 12.0 Å². The van der Waals surface area contributed by atoms with Crippen LogP contribution in [0.15, 0.2) is 0 Å². The quantitative estimate of drug-likeness (QED) is 0.601. The highest BCUT2D eigenvalue weighted by molar-refractivity contribution is 5.84. The predicted molar refractivity (Wildman–Crippen MR) is 73.2 cm³/mol. The minimum atomic E-state index is -0.820. The lowest BCUT2D eigenvalue weighted by molar-refractivity contribution is -0.141. The van der Waals surface area contributed by atoms with Crippen LogP contribution in [-0.2, 0) is 9.59 Å². The van der Waals surface area contributed by atoms with Gasteiger partial charge in [0, 0.05) is 11.6 Å². The third-order valence-electron chi connectivity index (χ3n) is 3.04. The monoisotopic (exact) mass is 285 g/mol. The first-order chi connectivity index (χ1) is 9.17. The maximum Gasteiger partial charge on any atom is 0.315 e. The number of carboxylic acids is 1. The third kappa shape index (κ3) is 5.90. The molecule has 0 radical (unpaired) electrons. The van der Waals surface area contributed by atoms with E-state index in [4.69, 9.17) is 5.11 Å². The van der Waals surface area contributed by atoms with Crippen LogP contribution in [0.25, 0.3) is 0 Å². The molecule has 0 saturated heterocycles. The Morgan fingerprint density at radius 2 is 1.85 bits per heavy atom. The Hall–Kier alpha value is -1.79. The molecule has 0 aromatic carbocycles. The molecule has 0 bridgehead atoms. The average molecular weight is 285 g/mol. The van der Waals surface area contributed by atoms with Gasteiger partial charge < -0.3 is 21.1 Å². The van der Waals surface area contributed by atoms with E-state index in [9.17, 15) is 14.4 Å². The molecule has 0 spiro atoms. The van der Waals surface area contributed by atoms with Gasteiger partial charge in [0.2, 0.25) is 5.91 Å². The minimum Gasteiger partial charge on any atom is -0.481 e. The van der Waals surface area contributed by atoms with Crippen LogP contribution in [0.1, 0.15) is 40.0 Å². The zero-order valence-corrected chi connectivity index (χ0v) is 12.2. The highest BCUT2D eigenvalue weighted by atomic mass is 16.4. The average Bonchev–Trinajstić information content (AvgIpc) is 2.72. The molecule has 20 heavy (non-hydrogen) atoms. The molecule has 1 aliphatic rings. The summed E-state index contributed by atoms with van der Waals surface area (Å²) < 4.78 is 0. The van der Waals surface area contributed by atoms with Gasteiger partial charge in [0.15, 0.2) is 0 Å². The fraction of sp³-hybridized carbons (Fsp3) is 0.769. The normalized spacial score (nSPS) is 22.1. The van der Waals surface area contributed by atoms with Crippen LogP contribution < -0.4 is 16.0 Å². The molecule has 0 heterocycles. The molecule has 3 amide bonds. The molecule has 0 aromatic heterocycles. The number of carbonyl (C=O) groups is 3. The number of aliphatic carboxylic acids is 1. The maximum absolute atomic E-state index is 11.6. The third-order valence-corrected chi connectivity index (χ3v) is 3.04. The first-order valence-electron chi connectivity index (χ1n) is 6.75. The topological polar surface area (TPSA) is 108 Å². The van der Waals surface area contributed by atoms with E-state index in [0.29, 0.717) is 19.3 Å². The molecular formula is C13H23N3O4. The standard InChI is InChI=1S/C13H23N3O4/c1-13(2,3)16-10(17)7-14-12(20)15-9-5-4-8(6-9)11(18)19/h8-9H,4-7H2,1-3H3,(H,16,17)(H,18,19)(H2,14,15,20)/t8-,9+/m1/s1. The largest absolute Gasteiger partial charge is 0.481 e. The molecule has 4 N–H and O–H groups in total. The molecule has 1 saturated carbocycles. The fourth-order valence-electron chi connectivity index (χ4n) is 2.20. The zero-order valence-electron chi connectivity index (χ0n) is 12.2.